The first-order chi connectivity index (χ1) is 7.33. The molecule has 0 bridgehead atoms. The Kier molecular flexibility index (Phi) is 6.16. The fourth-order valence-corrected chi connectivity index (χ4v) is 1.62. The lowest BCUT2D eigenvalue weighted by atomic mass is 9.94. The number of hydrogen-bond donors (Lipinski definition) is 2. The van der Waals surface area contributed by atoms with Gasteiger partial charge in [0.2, 0.25) is 5.91 Å². The van der Waals surface area contributed by atoms with Gasteiger partial charge in [-0.05, 0) is 38.5 Å². The van der Waals surface area contributed by atoms with E-state index in [2.05, 4.69) is 21.2 Å². The highest BCUT2D eigenvalue weighted by Gasteiger charge is 2.23. The van der Waals surface area contributed by atoms with Crippen LogP contribution in [0.4, 0.5) is 0 Å². The van der Waals surface area contributed by atoms with Crippen molar-refractivity contribution in [1.29, 1.82) is 0 Å². The van der Waals surface area contributed by atoms with E-state index in [9.17, 15) is 4.79 Å². The SMILES string of the molecule is C[C@H](N)C(=O)NC(C)(C)c1ccc(Br)cc1.Cl. The molecule has 0 aliphatic heterocycles. The molecular formula is C12H18BrClN2O. The molecule has 0 saturated carbocycles. The highest BCUT2D eigenvalue weighted by Crippen LogP contribution is 2.22. The summed E-state index contributed by atoms with van der Waals surface area (Å²) in [5.74, 6) is -0.145. The number of carbonyl (C=O) groups is 1. The molecule has 96 valence electrons. The largest absolute Gasteiger partial charge is 0.346 e. The Morgan fingerprint density at radius 3 is 2.24 bits per heavy atom. The van der Waals surface area contributed by atoms with E-state index in [0.717, 1.165) is 10.0 Å². The molecule has 3 N–H and O–H groups in total. The minimum absolute atomic E-state index is 0. The molecule has 5 heteroatoms. The molecule has 1 rings (SSSR count). The van der Waals surface area contributed by atoms with Crippen molar-refractivity contribution in [1.82, 2.24) is 5.32 Å². The molecule has 0 spiro atoms. The molecule has 1 aromatic carbocycles. The number of nitrogens with one attached hydrogen (secondary N) is 1. The Balaban J connectivity index is 0.00000256. The average Bonchev–Trinajstić information content (AvgIpc) is 2.17. The summed E-state index contributed by atoms with van der Waals surface area (Å²) in [5, 5.41) is 2.91. The summed E-state index contributed by atoms with van der Waals surface area (Å²) >= 11 is 3.38. The lowest BCUT2D eigenvalue weighted by molar-refractivity contribution is -0.123. The zero-order chi connectivity index (χ0) is 12.3. The van der Waals surface area contributed by atoms with Crippen LogP contribution < -0.4 is 11.1 Å². The van der Waals surface area contributed by atoms with E-state index >= 15 is 0 Å². The summed E-state index contributed by atoms with van der Waals surface area (Å²) < 4.78 is 1.02. The van der Waals surface area contributed by atoms with Crippen molar-refractivity contribution in [3.63, 3.8) is 0 Å². The van der Waals surface area contributed by atoms with Crippen molar-refractivity contribution < 1.29 is 4.79 Å². The van der Waals surface area contributed by atoms with Gasteiger partial charge in [0.25, 0.3) is 0 Å². The standard InChI is InChI=1S/C12H17BrN2O.ClH/c1-8(14)11(16)15-12(2,3)9-4-6-10(13)7-5-9;/h4-8H,14H2,1-3H3,(H,15,16);1H/t8-;/m0./s1. The predicted octanol–water partition coefficient (Wildman–Crippen LogP) is 2.57. The molecule has 17 heavy (non-hydrogen) atoms. The molecule has 0 unspecified atom stereocenters. The minimum Gasteiger partial charge on any atom is -0.346 e. The van der Waals surface area contributed by atoms with Crippen LogP contribution >= 0.6 is 28.3 Å². The maximum atomic E-state index is 11.6. The normalized spacial score (nSPS) is 12.5. The van der Waals surface area contributed by atoms with Crippen LogP contribution in [0, 0.1) is 0 Å². The molecular weight excluding hydrogens is 304 g/mol. The first kappa shape index (κ1) is 16.4. The summed E-state index contributed by atoms with van der Waals surface area (Å²) in [7, 11) is 0. The van der Waals surface area contributed by atoms with Crippen LogP contribution in [0.3, 0.4) is 0 Å². The van der Waals surface area contributed by atoms with Crippen LogP contribution in [-0.4, -0.2) is 11.9 Å². The molecule has 0 aromatic heterocycles. The highest BCUT2D eigenvalue weighted by atomic mass is 79.9. The van der Waals surface area contributed by atoms with E-state index in [1.54, 1.807) is 6.92 Å². The summed E-state index contributed by atoms with van der Waals surface area (Å²) in [5.41, 5.74) is 6.16. The van der Waals surface area contributed by atoms with Crippen LogP contribution in [0.25, 0.3) is 0 Å². The van der Waals surface area contributed by atoms with Crippen molar-refractivity contribution in [3.8, 4) is 0 Å². The van der Waals surface area contributed by atoms with Crippen LogP contribution in [-0.2, 0) is 10.3 Å². The van der Waals surface area contributed by atoms with Gasteiger partial charge in [-0.15, -0.1) is 12.4 Å². The molecule has 0 aliphatic carbocycles. The molecule has 0 saturated heterocycles. The fourth-order valence-electron chi connectivity index (χ4n) is 1.36. The topological polar surface area (TPSA) is 55.1 Å². The van der Waals surface area contributed by atoms with Crippen LogP contribution in [0.15, 0.2) is 28.7 Å². The summed E-state index contributed by atoms with van der Waals surface area (Å²) in [6.45, 7) is 5.58. The van der Waals surface area contributed by atoms with Crippen molar-refractivity contribution >= 4 is 34.2 Å². The van der Waals surface area contributed by atoms with Crippen LogP contribution in [0.5, 0.6) is 0 Å². The van der Waals surface area contributed by atoms with Gasteiger partial charge in [-0.1, -0.05) is 28.1 Å². The minimum atomic E-state index is -0.491. The Bertz CT molecular complexity index is 377. The molecule has 1 atom stereocenters. The maximum Gasteiger partial charge on any atom is 0.237 e. The van der Waals surface area contributed by atoms with E-state index in [1.165, 1.54) is 0 Å². The number of nitrogens with two attached hydrogens (primary N) is 1. The van der Waals surface area contributed by atoms with Crippen LogP contribution in [0.2, 0.25) is 0 Å². The van der Waals surface area contributed by atoms with Crippen molar-refractivity contribution in [3.05, 3.63) is 34.3 Å². The third-order valence-corrected chi connectivity index (χ3v) is 2.94. The van der Waals surface area contributed by atoms with Gasteiger partial charge in [-0.2, -0.15) is 0 Å². The first-order valence-electron chi connectivity index (χ1n) is 5.16. The first-order valence-corrected chi connectivity index (χ1v) is 5.96. The molecule has 3 nitrogen and oxygen atoms in total. The molecule has 1 amide bonds. The van der Waals surface area contributed by atoms with Gasteiger partial charge in [0.05, 0.1) is 11.6 Å². The zero-order valence-corrected chi connectivity index (χ0v) is 12.6. The van der Waals surface area contributed by atoms with Gasteiger partial charge in [0.1, 0.15) is 0 Å². The van der Waals surface area contributed by atoms with Gasteiger partial charge in [-0.25, -0.2) is 0 Å². The lowest BCUT2D eigenvalue weighted by Gasteiger charge is -2.28. The monoisotopic (exact) mass is 320 g/mol. The van der Waals surface area contributed by atoms with E-state index < -0.39 is 11.6 Å². The third kappa shape index (κ3) is 4.66. The second kappa shape index (κ2) is 6.38. The number of halogens is 2. The Hall–Kier alpha value is -0.580. The van der Waals surface area contributed by atoms with Crippen molar-refractivity contribution in [2.75, 3.05) is 0 Å². The van der Waals surface area contributed by atoms with Gasteiger partial charge >= 0.3 is 0 Å². The smallest absolute Gasteiger partial charge is 0.237 e. The number of carbonyl (C=O) groups excluding carboxylic acids is 1. The fraction of sp³-hybridized carbons (Fsp3) is 0.417. The highest BCUT2D eigenvalue weighted by molar-refractivity contribution is 9.10. The second-order valence-electron chi connectivity index (χ2n) is 4.41. The molecule has 0 heterocycles. The summed E-state index contributed by atoms with van der Waals surface area (Å²) in [6, 6.07) is 7.37. The van der Waals surface area contributed by atoms with E-state index in [-0.39, 0.29) is 18.3 Å². The Morgan fingerprint density at radius 2 is 1.82 bits per heavy atom. The lowest BCUT2D eigenvalue weighted by Crippen LogP contribution is -2.47. The predicted molar refractivity (Wildman–Crippen MR) is 76.2 cm³/mol. The molecule has 0 fully saturated rings. The molecule has 0 aliphatic rings. The number of benzene rings is 1. The summed E-state index contributed by atoms with van der Waals surface area (Å²) in [6.07, 6.45) is 0. The van der Waals surface area contributed by atoms with Gasteiger partial charge in [-0.3, -0.25) is 4.79 Å². The Labute approximate surface area is 117 Å². The Morgan fingerprint density at radius 1 is 1.35 bits per heavy atom. The molecule has 1 aromatic rings. The van der Waals surface area contributed by atoms with Crippen molar-refractivity contribution in [2.24, 2.45) is 5.73 Å². The number of amides is 1. The third-order valence-electron chi connectivity index (χ3n) is 2.42. The maximum absolute atomic E-state index is 11.6. The zero-order valence-electron chi connectivity index (χ0n) is 10.2. The van der Waals surface area contributed by atoms with Crippen LogP contribution in [0.1, 0.15) is 26.3 Å². The quantitative estimate of drug-likeness (QED) is 0.899. The van der Waals surface area contributed by atoms with E-state index in [0.29, 0.717) is 0 Å². The number of hydrogen-bond acceptors (Lipinski definition) is 2. The van der Waals surface area contributed by atoms with E-state index in [1.807, 2.05) is 38.1 Å². The van der Waals surface area contributed by atoms with Gasteiger partial charge in [0, 0.05) is 4.47 Å². The number of rotatable bonds is 3. The molecule has 0 radical (unpaired) electrons. The van der Waals surface area contributed by atoms with E-state index in [4.69, 9.17) is 5.73 Å². The average molecular weight is 322 g/mol. The second-order valence-corrected chi connectivity index (χ2v) is 5.33. The van der Waals surface area contributed by atoms with Gasteiger partial charge < -0.3 is 11.1 Å². The van der Waals surface area contributed by atoms with Gasteiger partial charge in [0.15, 0.2) is 0 Å². The van der Waals surface area contributed by atoms with Crippen molar-refractivity contribution in [2.45, 2.75) is 32.4 Å². The summed E-state index contributed by atoms with van der Waals surface area (Å²) in [4.78, 5) is 11.6.